The van der Waals surface area contributed by atoms with Gasteiger partial charge < -0.3 is 9.67 Å². The number of amides is 1. The predicted octanol–water partition coefficient (Wildman–Crippen LogP) is 3.97. The zero-order chi connectivity index (χ0) is 19.4. The summed E-state index contributed by atoms with van der Waals surface area (Å²) in [5, 5.41) is 19.1. The summed E-state index contributed by atoms with van der Waals surface area (Å²) in [7, 11) is -3.02. The van der Waals surface area contributed by atoms with E-state index >= 15 is 0 Å². The van der Waals surface area contributed by atoms with E-state index in [4.69, 9.17) is 0 Å². The third kappa shape index (κ3) is 4.55. The van der Waals surface area contributed by atoms with Gasteiger partial charge in [0, 0.05) is 18.4 Å². The van der Waals surface area contributed by atoms with Gasteiger partial charge >= 0.3 is 0 Å². The number of sulfone groups is 1. The number of carbonyl (C=O) groups excluding carboxylic acids is 1. The molecule has 8 heteroatoms. The zero-order valence-electron chi connectivity index (χ0n) is 15.5. The maximum Gasteiger partial charge on any atom is 0.265 e. The topological polar surface area (TPSA) is 101 Å². The van der Waals surface area contributed by atoms with Crippen molar-refractivity contribution in [1.29, 1.82) is 0 Å². The Balaban J connectivity index is 1.78. The van der Waals surface area contributed by atoms with Gasteiger partial charge in [0.1, 0.15) is 0 Å². The van der Waals surface area contributed by atoms with E-state index in [1.165, 1.54) is 0 Å². The average Bonchev–Trinajstić information content (AvgIpc) is 3.10. The molecule has 7 nitrogen and oxygen atoms in total. The number of aromatic nitrogens is 1. The fourth-order valence-corrected chi connectivity index (χ4v) is 5.40. The standard InChI is InChI=1S/C19H25N3O4S/c1-2-3-6-10-22-16-8-5-4-7-15(16)18(19(22)24)21-20-17(23)12-14-9-11-27(25,26)13-14/h4-5,7-8,14,24H,2-3,6,9-13H2,1H3/t14-/m0/s1. The van der Waals surface area contributed by atoms with Gasteiger partial charge in [0.25, 0.3) is 5.91 Å². The molecule has 1 amide bonds. The van der Waals surface area contributed by atoms with Gasteiger partial charge in [-0.15, -0.1) is 10.2 Å². The van der Waals surface area contributed by atoms with Crippen LogP contribution < -0.4 is 0 Å². The van der Waals surface area contributed by atoms with Crippen molar-refractivity contribution in [3.8, 4) is 5.88 Å². The number of nitrogens with zero attached hydrogens (tertiary/aromatic N) is 3. The van der Waals surface area contributed by atoms with Crippen molar-refractivity contribution in [3.05, 3.63) is 24.3 Å². The fraction of sp³-hybridized carbons (Fsp3) is 0.526. The molecule has 3 rings (SSSR count). The molecule has 0 radical (unpaired) electrons. The van der Waals surface area contributed by atoms with Gasteiger partial charge in [-0.2, -0.15) is 0 Å². The molecular formula is C19H25N3O4S. The van der Waals surface area contributed by atoms with E-state index in [0.717, 1.165) is 30.2 Å². The van der Waals surface area contributed by atoms with Gasteiger partial charge in [-0.3, -0.25) is 4.79 Å². The normalized spacial score (nSPS) is 19.2. The minimum absolute atomic E-state index is 0.00676. The number of benzene rings is 1. The molecule has 0 bridgehead atoms. The molecule has 0 unspecified atom stereocenters. The van der Waals surface area contributed by atoms with Crippen molar-refractivity contribution in [2.24, 2.45) is 16.1 Å². The van der Waals surface area contributed by atoms with Gasteiger partial charge in [0.05, 0.1) is 17.0 Å². The van der Waals surface area contributed by atoms with E-state index in [2.05, 4.69) is 17.2 Å². The molecule has 1 aromatic heterocycles. The molecule has 1 aliphatic heterocycles. The van der Waals surface area contributed by atoms with Crippen LogP contribution in [0.3, 0.4) is 0 Å². The van der Waals surface area contributed by atoms with Crippen LogP contribution in [0.5, 0.6) is 5.88 Å². The number of aromatic hydroxyl groups is 1. The lowest BCUT2D eigenvalue weighted by Gasteiger charge is -2.05. The number of hydrogen-bond donors (Lipinski definition) is 1. The van der Waals surface area contributed by atoms with E-state index in [9.17, 15) is 18.3 Å². The van der Waals surface area contributed by atoms with E-state index in [-0.39, 0.29) is 35.4 Å². The summed E-state index contributed by atoms with van der Waals surface area (Å²) in [6.45, 7) is 2.79. The molecule has 146 valence electrons. The van der Waals surface area contributed by atoms with Crippen LogP contribution in [0.2, 0.25) is 0 Å². The Morgan fingerprint density at radius 2 is 2.07 bits per heavy atom. The second kappa shape index (κ2) is 8.21. The van der Waals surface area contributed by atoms with Crippen LogP contribution in [0.15, 0.2) is 34.5 Å². The summed E-state index contributed by atoms with van der Waals surface area (Å²) in [4.78, 5) is 12.1. The van der Waals surface area contributed by atoms with Crippen molar-refractivity contribution in [3.63, 3.8) is 0 Å². The maximum atomic E-state index is 12.1. The number of para-hydroxylation sites is 1. The molecule has 1 N–H and O–H groups in total. The quantitative estimate of drug-likeness (QED) is 0.570. The third-order valence-electron chi connectivity index (χ3n) is 4.95. The van der Waals surface area contributed by atoms with E-state index < -0.39 is 15.7 Å². The second-order valence-electron chi connectivity index (χ2n) is 7.12. The van der Waals surface area contributed by atoms with Crippen LogP contribution in [0.1, 0.15) is 39.0 Å². The molecule has 2 aromatic rings. The molecule has 1 atom stereocenters. The molecule has 1 saturated heterocycles. The lowest BCUT2D eigenvalue weighted by molar-refractivity contribution is -0.119. The average molecular weight is 391 g/mol. The van der Waals surface area contributed by atoms with Gasteiger partial charge in [-0.1, -0.05) is 38.0 Å². The molecular weight excluding hydrogens is 366 g/mol. The first-order valence-electron chi connectivity index (χ1n) is 9.36. The Labute approximate surface area is 159 Å². The molecule has 1 aromatic carbocycles. The first kappa shape index (κ1) is 19.5. The Kier molecular flexibility index (Phi) is 5.94. The Bertz CT molecular complexity index is 963. The Hall–Kier alpha value is -2.22. The highest BCUT2D eigenvalue weighted by atomic mass is 32.2. The molecule has 27 heavy (non-hydrogen) atoms. The maximum absolute atomic E-state index is 12.1. The number of rotatable bonds is 7. The van der Waals surface area contributed by atoms with Crippen molar-refractivity contribution in [1.82, 2.24) is 4.57 Å². The van der Waals surface area contributed by atoms with Crippen molar-refractivity contribution in [2.45, 2.75) is 45.6 Å². The van der Waals surface area contributed by atoms with Crippen LogP contribution in [0.4, 0.5) is 5.69 Å². The van der Waals surface area contributed by atoms with Crippen LogP contribution in [-0.2, 0) is 21.2 Å². The van der Waals surface area contributed by atoms with Crippen LogP contribution in [0, 0.1) is 5.92 Å². The summed E-state index contributed by atoms with van der Waals surface area (Å²) in [5.74, 6) is -0.471. The number of aryl methyl sites for hydroxylation is 1. The summed E-state index contributed by atoms with van der Waals surface area (Å²) < 4.78 is 24.8. The fourth-order valence-electron chi connectivity index (χ4n) is 3.54. The van der Waals surface area contributed by atoms with Gasteiger partial charge in [-0.25, -0.2) is 8.42 Å². The number of hydrogen-bond acceptors (Lipinski definition) is 5. The van der Waals surface area contributed by atoms with E-state index in [1.54, 1.807) is 4.57 Å². The number of azo groups is 1. The SMILES string of the molecule is CCCCCn1c(O)c(N=NC(=O)C[C@@H]2CCS(=O)(=O)C2)c2ccccc21. The second-order valence-corrected chi connectivity index (χ2v) is 9.34. The third-order valence-corrected chi connectivity index (χ3v) is 6.79. The molecule has 0 saturated carbocycles. The highest BCUT2D eigenvalue weighted by molar-refractivity contribution is 7.91. The van der Waals surface area contributed by atoms with Gasteiger partial charge in [-0.05, 0) is 24.8 Å². The number of carbonyl (C=O) groups is 1. The molecule has 2 heterocycles. The first-order chi connectivity index (χ1) is 12.9. The molecule has 1 fully saturated rings. The van der Waals surface area contributed by atoms with Crippen LogP contribution >= 0.6 is 0 Å². The molecule has 0 spiro atoms. The lowest BCUT2D eigenvalue weighted by atomic mass is 10.1. The van der Waals surface area contributed by atoms with Crippen molar-refractivity contribution >= 4 is 32.3 Å². The van der Waals surface area contributed by atoms with Crippen molar-refractivity contribution in [2.75, 3.05) is 11.5 Å². The predicted molar refractivity (Wildman–Crippen MR) is 104 cm³/mol. The summed E-state index contributed by atoms with van der Waals surface area (Å²) in [6, 6.07) is 7.49. The van der Waals surface area contributed by atoms with E-state index in [0.29, 0.717) is 13.0 Å². The summed E-state index contributed by atoms with van der Waals surface area (Å²) in [6.07, 6.45) is 3.64. The molecule has 0 aliphatic carbocycles. The van der Waals surface area contributed by atoms with Crippen LogP contribution in [-0.4, -0.2) is 35.5 Å². The number of unbranched alkanes of at least 4 members (excludes halogenated alkanes) is 2. The van der Waals surface area contributed by atoms with Gasteiger partial charge in [0.2, 0.25) is 5.88 Å². The summed E-state index contributed by atoms with van der Waals surface area (Å²) >= 11 is 0. The van der Waals surface area contributed by atoms with Crippen molar-refractivity contribution < 1.29 is 18.3 Å². The largest absolute Gasteiger partial charge is 0.493 e. The smallest absolute Gasteiger partial charge is 0.265 e. The highest BCUT2D eigenvalue weighted by Gasteiger charge is 2.29. The zero-order valence-corrected chi connectivity index (χ0v) is 16.3. The van der Waals surface area contributed by atoms with E-state index in [1.807, 2.05) is 24.3 Å². The minimum Gasteiger partial charge on any atom is -0.493 e. The van der Waals surface area contributed by atoms with Gasteiger partial charge in [0.15, 0.2) is 15.5 Å². The summed E-state index contributed by atoms with van der Waals surface area (Å²) in [5.41, 5.74) is 1.14. The number of fused-ring (bicyclic) bond motifs is 1. The highest BCUT2D eigenvalue weighted by Crippen LogP contribution is 2.39. The minimum atomic E-state index is -3.02. The Morgan fingerprint density at radius 1 is 1.30 bits per heavy atom. The monoisotopic (exact) mass is 391 g/mol. The first-order valence-corrected chi connectivity index (χ1v) is 11.2. The Morgan fingerprint density at radius 3 is 2.78 bits per heavy atom. The molecule has 1 aliphatic rings. The lowest BCUT2D eigenvalue weighted by Crippen LogP contribution is -2.08. The van der Waals surface area contributed by atoms with Crippen LogP contribution in [0.25, 0.3) is 10.9 Å².